The SMILES string of the molecule is COC1(C(Cc2ccc(Cl)cc2F)NN)CCC1. The van der Waals surface area contributed by atoms with E-state index in [1.54, 1.807) is 19.2 Å². The van der Waals surface area contributed by atoms with Gasteiger partial charge in [0.25, 0.3) is 0 Å². The third-order valence-corrected chi connectivity index (χ3v) is 4.12. The second kappa shape index (κ2) is 5.53. The maximum Gasteiger partial charge on any atom is 0.127 e. The van der Waals surface area contributed by atoms with Crippen molar-refractivity contribution in [2.24, 2.45) is 5.84 Å². The number of nitrogens with two attached hydrogens (primary N) is 1. The normalized spacial score (nSPS) is 19.3. The number of hydrazine groups is 1. The fourth-order valence-electron chi connectivity index (χ4n) is 2.52. The van der Waals surface area contributed by atoms with E-state index in [-0.39, 0.29) is 17.5 Å². The van der Waals surface area contributed by atoms with Crippen molar-refractivity contribution in [3.05, 3.63) is 34.6 Å². The molecule has 0 amide bonds. The number of benzene rings is 1. The fourth-order valence-corrected chi connectivity index (χ4v) is 2.68. The van der Waals surface area contributed by atoms with E-state index < -0.39 is 0 Å². The lowest BCUT2D eigenvalue weighted by molar-refractivity contribution is -0.0983. The molecule has 1 aromatic carbocycles. The van der Waals surface area contributed by atoms with Gasteiger partial charge in [0, 0.05) is 12.1 Å². The summed E-state index contributed by atoms with van der Waals surface area (Å²) in [7, 11) is 1.68. The Morgan fingerprint density at radius 1 is 1.56 bits per heavy atom. The summed E-state index contributed by atoms with van der Waals surface area (Å²) < 4.78 is 19.3. The minimum atomic E-state index is -0.298. The Kier molecular flexibility index (Phi) is 4.22. The summed E-state index contributed by atoms with van der Waals surface area (Å²) in [6.07, 6.45) is 3.52. The topological polar surface area (TPSA) is 47.3 Å². The molecule has 1 aliphatic carbocycles. The predicted molar refractivity (Wildman–Crippen MR) is 69.8 cm³/mol. The minimum absolute atomic E-state index is 0.0908. The van der Waals surface area contributed by atoms with Gasteiger partial charge in [0.15, 0.2) is 0 Å². The summed E-state index contributed by atoms with van der Waals surface area (Å²) in [6, 6.07) is 4.62. The first-order valence-corrected chi connectivity index (χ1v) is 6.44. The average Bonchev–Trinajstić information content (AvgIpc) is 2.29. The summed E-state index contributed by atoms with van der Waals surface area (Å²) in [5, 5.41) is 0.401. The zero-order valence-electron chi connectivity index (χ0n) is 10.4. The molecule has 0 aliphatic heterocycles. The van der Waals surface area contributed by atoms with E-state index in [4.69, 9.17) is 22.2 Å². The van der Waals surface area contributed by atoms with Crippen LogP contribution >= 0.6 is 11.6 Å². The van der Waals surface area contributed by atoms with Crippen molar-refractivity contribution in [1.29, 1.82) is 0 Å². The van der Waals surface area contributed by atoms with Crippen molar-refractivity contribution in [2.75, 3.05) is 7.11 Å². The number of halogens is 2. The zero-order valence-corrected chi connectivity index (χ0v) is 11.1. The van der Waals surface area contributed by atoms with Gasteiger partial charge in [-0.3, -0.25) is 11.3 Å². The molecule has 1 atom stereocenters. The monoisotopic (exact) mass is 272 g/mol. The molecule has 0 spiro atoms. The molecule has 100 valence electrons. The van der Waals surface area contributed by atoms with Crippen LogP contribution in [0, 0.1) is 5.82 Å². The molecular formula is C13H18ClFN2O. The van der Waals surface area contributed by atoms with E-state index in [0.29, 0.717) is 17.0 Å². The zero-order chi connectivity index (χ0) is 13.2. The van der Waals surface area contributed by atoms with Gasteiger partial charge in [0.1, 0.15) is 5.82 Å². The molecular weight excluding hydrogens is 255 g/mol. The van der Waals surface area contributed by atoms with Crippen LogP contribution in [0.5, 0.6) is 0 Å². The Bertz CT molecular complexity index is 418. The summed E-state index contributed by atoms with van der Waals surface area (Å²) in [5.41, 5.74) is 3.10. The summed E-state index contributed by atoms with van der Waals surface area (Å²) >= 11 is 5.74. The highest BCUT2D eigenvalue weighted by Gasteiger charge is 2.44. The standard InChI is InChI=1S/C13H18ClFN2O/c1-18-13(5-2-6-13)12(17-16)7-9-3-4-10(14)8-11(9)15/h3-4,8,12,17H,2,5-7,16H2,1H3. The molecule has 1 unspecified atom stereocenters. The Labute approximate surface area is 111 Å². The molecule has 0 saturated heterocycles. The highest BCUT2D eigenvalue weighted by atomic mass is 35.5. The number of methoxy groups -OCH3 is 1. The lowest BCUT2D eigenvalue weighted by atomic mass is 9.73. The van der Waals surface area contributed by atoms with Gasteiger partial charge in [0.05, 0.1) is 11.6 Å². The molecule has 1 aliphatic rings. The Morgan fingerprint density at radius 2 is 2.28 bits per heavy atom. The van der Waals surface area contributed by atoms with E-state index in [0.717, 1.165) is 19.3 Å². The van der Waals surface area contributed by atoms with Crippen molar-refractivity contribution in [3.63, 3.8) is 0 Å². The van der Waals surface area contributed by atoms with Crippen LogP contribution in [-0.2, 0) is 11.2 Å². The quantitative estimate of drug-likeness (QED) is 0.639. The number of nitrogens with one attached hydrogen (secondary N) is 1. The molecule has 1 aromatic rings. The van der Waals surface area contributed by atoms with Gasteiger partial charge in [-0.05, 0) is 43.4 Å². The minimum Gasteiger partial charge on any atom is -0.377 e. The van der Waals surface area contributed by atoms with Crippen molar-refractivity contribution >= 4 is 11.6 Å². The van der Waals surface area contributed by atoms with Crippen LogP contribution < -0.4 is 11.3 Å². The molecule has 2 rings (SSSR count). The van der Waals surface area contributed by atoms with E-state index in [1.807, 2.05) is 0 Å². The lowest BCUT2D eigenvalue weighted by Gasteiger charge is -2.46. The van der Waals surface area contributed by atoms with E-state index in [9.17, 15) is 4.39 Å². The second-order valence-electron chi connectivity index (χ2n) is 4.78. The first-order chi connectivity index (χ1) is 8.61. The summed E-state index contributed by atoms with van der Waals surface area (Å²) in [4.78, 5) is 0. The van der Waals surface area contributed by atoms with Crippen LogP contribution in [0.4, 0.5) is 4.39 Å². The number of hydrogen-bond donors (Lipinski definition) is 2. The van der Waals surface area contributed by atoms with Gasteiger partial charge in [-0.15, -0.1) is 0 Å². The summed E-state index contributed by atoms with van der Waals surface area (Å²) in [5.74, 6) is 5.30. The number of rotatable bonds is 5. The van der Waals surface area contributed by atoms with Gasteiger partial charge in [-0.2, -0.15) is 0 Å². The summed E-state index contributed by atoms with van der Waals surface area (Å²) in [6.45, 7) is 0. The molecule has 1 saturated carbocycles. The molecule has 0 radical (unpaired) electrons. The van der Waals surface area contributed by atoms with Crippen molar-refractivity contribution in [2.45, 2.75) is 37.3 Å². The fraction of sp³-hybridized carbons (Fsp3) is 0.538. The van der Waals surface area contributed by atoms with Gasteiger partial charge in [-0.25, -0.2) is 4.39 Å². The third kappa shape index (κ3) is 2.52. The molecule has 3 N–H and O–H groups in total. The molecule has 0 bridgehead atoms. The van der Waals surface area contributed by atoms with Crippen LogP contribution in [0.3, 0.4) is 0 Å². The van der Waals surface area contributed by atoms with Crippen LogP contribution in [0.25, 0.3) is 0 Å². The maximum atomic E-state index is 13.8. The Hall–Kier alpha value is -0.680. The molecule has 3 nitrogen and oxygen atoms in total. The molecule has 1 fully saturated rings. The smallest absolute Gasteiger partial charge is 0.127 e. The van der Waals surface area contributed by atoms with E-state index >= 15 is 0 Å². The van der Waals surface area contributed by atoms with Gasteiger partial charge in [0.2, 0.25) is 0 Å². The van der Waals surface area contributed by atoms with Crippen LogP contribution in [0.2, 0.25) is 5.02 Å². The van der Waals surface area contributed by atoms with E-state index in [2.05, 4.69) is 5.43 Å². The second-order valence-corrected chi connectivity index (χ2v) is 5.22. The average molecular weight is 273 g/mol. The molecule has 0 aromatic heterocycles. The maximum absolute atomic E-state index is 13.8. The third-order valence-electron chi connectivity index (χ3n) is 3.88. The molecule has 5 heteroatoms. The first kappa shape index (κ1) is 13.7. The van der Waals surface area contributed by atoms with Crippen LogP contribution in [-0.4, -0.2) is 18.8 Å². The first-order valence-electron chi connectivity index (χ1n) is 6.06. The Morgan fingerprint density at radius 3 is 2.72 bits per heavy atom. The number of hydrogen-bond acceptors (Lipinski definition) is 3. The van der Waals surface area contributed by atoms with Crippen molar-refractivity contribution in [3.8, 4) is 0 Å². The van der Waals surface area contributed by atoms with Crippen LogP contribution in [0.15, 0.2) is 18.2 Å². The lowest BCUT2D eigenvalue weighted by Crippen LogP contribution is -2.59. The molecule has 18 heavy (non-hydrogen) atoms. The Balaban J connectivity index is 2.15. The van der Waals surface area contributed by atoms with Gasteiger partial charge in [-0.1, -0.05) is 17.7 Å². The van der Waals surface area contributed by atoms with Gasteiger partial charge < -0.3 is 4.74 Å². The highest BCUT2D eigenvalue weighted by molar-refractivity contribution is 6.30. The van der Waals surface area contributed by atoms with Crippen LogP contribution in [0.1, 0.15) is 24.8 Å². The molecule has 0 heterocycles. The van der Waals surface area contributed by atoms with E-state index in [1.165, 1.54) is 6.07 Å². The highest BCUT2D eigenvalue weighted by Crippen LogP contribution is 2.39. The van der Waals surface area contributed by atoms with Gasteiger partial charge >= 0.3 is 0 Å². The largest absolute Gasteiger partial charge is 0.377 e. The number of ether oxygens (including phenoxy) is 1. The van der Waals surface area contributed by atoms with Crippen molar-refractivity contribution < 1.29 is 9.13 Å². The van der Waals surface area contributed by atoms with Crippen molar-refractivity contribution in [1.82, 2.24) is 5.43 Å². The predicted octanol–water partition coefficient (Wildman–Crippen LogP) is 2.42.